The summed E-state index contributed by atoms with van der Waals surface area (Å²) < 4.78 is 4.74. The molecule has 0 bridgehead atoms. The van der Waals surface area contributed by atoms with Crippen molar-refractivity contribution < 1.29 is 19.1 Å². The number of likely N-dealkylation sites (tertiary alicyclic amines) is 1. The van der Waals surface area contributed by atoms with Gasteiger partial charge in [-0.05, 0) is 12.5 Å². The number of benzene rings is 1. The van der Waals surface area contributed by atoms with Gasteiger partial charge in [-0.15, -0.1) is 0 Å². The van der Waals surface area contributed by atoms with Crippen LogP contribution in [0, 0.1) is 0 Å². The van der Waals surface area contributed by atoms with E-state index in [9.17, 15) is 14.4 Å². The van der Waals surface area contributed by atoms with Crippen molar-refractivity contribution in [3.8, 4) is 11.3 Å². The highest BCUT2D eigenvalue weighted by molar-refractivity contribution is 5.98. The highest BCUT2D eigenvalue weighted by atomic mass is 16.6. The third-order valence-electron chi connectivity index (χ3n) is 4.48. The lowest BCUT2D eigenvalue weighted by atomic mass is 10.1. The number of hydrogen-bond acceptors (Lipinski definition) is 5. The Labute approximate surface area is 143 Å². The van der Waals surface area contributed by atoms with Gasteiger partial charge in [0.15, 0.2) is 6.61 Å². The molecule has 2 aliphatic heterocycles. The van der Waals surface area contributed by atoms with Crippen LogP contribution in [0.4, 0.5) is 4.79 Å². The zero-order valence-electron chi connectivity index (χ0n) is 13.3. The Bertz CT molecular complexity index is 816. The number of carbonyl (C=O) groups excluding carboxylic acids is 3. The minimum atomic E-state index is -0.628. The van der Waals surface area contributed by atoms with Gasteiger partial charge in [-0.25, -0.2) is 9.69 Å². The van der Waals surface area contributed by atoms with Gasteiger partial charge in [0.2, 0.25) is 0 Å². The molecule has 2 saturated heterocycles. The number of hydrogen-bond donors (Lipinski definition) is 1. The van der Waals surface area contributed by atoms with E-state index < -0.39 is 6.09 Å². The highest BCUT2D eigenvalue weighted by Gasteiger charge is 2.41. The van der Waals surface area contributed by atoms with Gasteiger partial charge in [-0.3, -0.25) is 14.7 Å². The summed E-state index contributed by atoms with van der Waals surface area (Å²) >= 11 is 0. The summed E-state index contributed by atoms with van der Waals surface area (Å²) in [4.78, 5) is 38.8. The van der Waals surface area contributed by atoms with Crippen LogP contribution in [0.3, 0.4) is 0 Å². The van der Waals surface area contributed by atoms with E-state index in [-0.39, 0.29) is 24.5 Å². The van der Waals surface area contributed by atoms with E-state index in [1.807, 2.05) is 30.3 Å². The second kappa shape index (κ2) is 6.04. The average molecular weight is 340 g/mol. The molecule has 1 aromatic carbocycles. The number of cyclic esters (lactones) is 1. The zero-order valence-corrected chi connectivity index (χ0v) is 13.3. The van der Waals surface area contributed by atoms with E-state index >= 15 is 0 Å². The minimum absolute atomic E-state index is 0.197. The van der Waals surface area contributed by atoms with Gasteiger partial charge in [0.05, 0.1) is 11.7 Å². The molecule has 1 N–H and O–H groups in total. The van der Waals surface area contributed by atoms with Crippen molar-refractivity contribution in [1.29, 1.82) is 0 Å². The number of ether oxygens (including phenoxy) is 1. The maximum Gasteiger partial charge on any atom is 0.417 e. The Morgan fingerprint density at radius 1 is 1.24 bits per heavy atom. The average Bonchev–Trinajstić information content (AvgIpc) is 3.35. The predicted molar refractivity (Wildman–Crippen MR) is 86.5 cm³/mol. The number of H-pyrrole nitrogens is 1. The van der Waals surface area contributed by atoms with E-state index in [1.54, 1.807) is 11.0 Å². The molecule has 2 aromatic rings. The van der Waals surface area contributed by atoms with Gasteiger partial charge in [-0.1, -0.05) is 30.3 Å². The molecule has 0 aliphatic carbocycles. The summed E-state index contributed by atoms with van der Waals surface area (Å²) in [5.74, 6) is -0.547. The van der Waals surface area contributed by atoms with Gasteiger partial charge in [-0.2, -0.15) is 5.10 Å². The molecule has 25 heavy (non-hydrogen) atoms. The fraction of sp³-hybridized carbons (Fsp3) is 0.294. The van der Waals surface area contributed by atoms with Gasteiger partial charge in [0.25, 0.3) is 11.8 Å². The number of nitrogens with zero attached hydrogens (tertiary/aromatic N) is 3. The fourth-order valence-electron chi connectivity index (χ4n) is 3.21. The van der Waals surface area contributed by atoms with Gasteiger partial charge in [0, 0.05) is 18.7 Å². The second-order valence-corrected chi connectivity index (χ2v) is 6.04. The molecule has 8 heteroatoms. The Morgan fingerprint density at radius 3 is 2.76 bits per heavy atom. The first-order chi connectivity index (χ1) is 12.1. The van der Waals surface area contributed by atoms with Crippen molar-refractivity contribution in [1.82, 2.24) is 20.0 Å². The van der Waals surface area contributed by atoms with Crippen molar-refractivity contribution in [2.45, 2.75) is 12.5 Å². The number of amides is 3. The second-order valence-electron chi connectivity index (χ2n) is 6.04. The Morgan fingerprint density at radius 2 is 2.04 bits per heavy atom. The summed E-state index contributed by atoms with van der Waals surface area (Å²) in [6, 6.07) is 10.9. The molecule has 0 radical (unpaired) electrons. The number of aromatic amines is 1. The lowest BCUT2D eigenvalue weighted by Gasteiger charge is -2.20. The molecular formula is C17H16N4O4. The molecule has 3 amide bonds. The highest BCUT2D eigenvalue weighted by Crippen LogP contribution is 2.23. The lowest BCUT2D eigenvalue weighted by Crippen LogP contribution is -2.42. The lowest BCUT2D eigenvalue weighted by molar-refractivity contribution is -0.127. The predicted octanol–water partition coefficient (Wildman–Crippen LogP) is 1.27. The van der Waals surface area contributed by atoms with Crippen LogP contribution in [0.25, 0.3) is 11.3 Å². The van der Waals surface area contributed by atoms with E-state index in [1.165, 1.54) is 0 Å². The van der Waals surface area contributed by atoms with E-state index in [0.29, 0.717) is 30.9 Å². The van der Waals surface area contributed by atoms with E-state index in [0.717, 1.165) is 10.5 Å². The topological polar surface area (TPSA) is 95.6 Å². The van der Waals surface area contributed by atoms with Gasteiger partial charge < -0.3 is 9.64 Å². The minimum Gasteiger partial charge on any atom is -0.439 e. The van der Waals surface area contributed by atoms with Crippen molar-refractivity contribution in [2.75, 3.05) is 19.7 Å². The van der Waals surface area contributed by atoms with E-state index in [2.05, 4.69) is 10.2 Å². The molecule has 4 rings (SSSR count). The van der Waals surface area contributed by atoms with Gasteiger partial charge in [0.1, 0.15) is 5.69 Å². The summed E-state index contributed by atoms with van der Waals surface area (Å²) in [5.41, 5.74) is 2.00. The first-order valence-electron chi connectivity index (χ1n) is 8.02. The van der Waals surface area contributed by atoms with Crippen molar-refractivity contribution in [2.24, 2.45) is 0 Å². The van der Waals surface area contributed by atoms with Crippen molar-refractivity contribution in [3.63, 3.8) is 0 Å². The quantitative estimate of drug-likeness (QED) is 0.908. The summed E-state index contributed by atoms with van der Waals surface area (Å²) in [6.07, 6.45) is -0.0797. The number of aromatic nitrogens is 2. The smallest absolute Gasteiger partial charge is 0.417 e. The third-order valence-corrected chi connectivity index (χ3v) is 4.48. The molecule has 0 saturated carbocycles. The van der Waals surface area contributed by atoms with Crippen molar-refractivity contribution >= 4 is 17.9 Å². The molecule has 8 nitrogen and oxygen atoms in total. The molecule has 1 atom stereocenters. The monoisotopic (exact) mass is 340 g/mol. The number of imide groups is 1. The van der Waals surface area contributed by atoms with Crippen LogP contribution in [0.2, 0.25) is 0 Å². The Balaban J connectivity index is 1.46. The van der Waals surface area contributed by atoms with Crippen LogP contribution in [-0.2, 0) is 9.53 Å². The van der Waals surface area contributed by atoms with Gasteiger partial charge >= 0.3 is 6.09 Å². The standard InChI is InChI=1S/C17H16N4O4/c22-15-10-25-17(24)21(15)12-6-7-20(9-12)16(23)14-8-13(18-19-14)11-4-2-1-3-5-11/h1-5,8,12H,6-7,9-10H2,(H,18,19). The maximum atomic E-state index is 12.7. The maximum absolute atomic E-state index is 12.7. The van der Waals surface area contributed by atoms with Crippen LogP contribution >= 0.6 is 0 Å². The van der Waals surface area contributed by atoms with E-state index in [4.69, 9.17) is 4.74 Å². The zero-order chi connectivity index (χ0) is 17.4. The first-order valence-corrected chi connectivity index (χ1v) is 8.02. The molecule has 3 heterocycles. The number of carbonyl (C=O) groups is 3. The van der Waals surface area contributed by atoms with Crippen molar-refractivity contribution in [3.05, 3.63) is 42.1 Å². The summed E-state index contributed by atoms with van der Waals surface area (Å²) in [7, 11) is 0. The van der Waals surface area contributed by atoms with Crippen LogP contribution < -0.4 is 0 Å². The molecule has 1 unspecified atom stereocenters. The SMILES string of the molecule is O=C(c1cc(-c2ccccc2)n[nH]1)N1CCC(N2C(=O)COC2=O)C1. The molecule has 2 fully saturated rings. The largest absolute Gasteiger partial charge is 0.439 e. The molecule has 0 spiro atoms. The molecular weight excluding hydrogens is 324 g/mol. The fourth-order valence-corrected chi connectivity index (χ4v) is 3.21. The van der Waals surface area contributed by atoms with Crippen LogP contribution in [-0.4, -0.2) is 63.6 Å². The summed E-state index contributed by atoms with van der Waals surface area (Å²) in [6.45, 7) is 0.559. The molecule has 1 aromatic heterocycles. The van der Waals surface area contributed by atoms with Crippen LogP contribution in [0.1, 0.15) is 16.9 Å². The van der Waals surface area contributed by atoms with Crippen LogP contribution in [0.15, 0.2) is 36.4 Å². The summed E-state index contributed by atoms with van der Waals surface area (Å²) in [5, 5.41) is 6.96. The normalized spacial score (nSPS) is 20.2. The molecule has 2 aliphatic rings. The first kappa shape index (κ1) is 15.4. The molecule has 128 valence electrons. The third kappa shape index (κ3) is 2.75. The number of nitrogens with one attached hydrogen (secondary N) is 1. The Hall–Kier alpha value is -3.16. The van der Waals surface area contributed by atoms with Crippen LogP contribution in [0.5, 0.6) is 0 Å². The number of rotatable bonds is 3. The Kier molecular flexibility index (Phi) is 3.72.